The van der Waals surface area contributed by atoms with Crippen LogP contribution in [-0.2, 0) is 13.0 Å². The SMILES string of the molecule is O=C(O)NCCc1ccc(OCC2CCN(Cc3cccnc3)C2)cc1. The van der Waals surface area contributed by atoms with Crippen molar-refractivity contribution in [2.45, 2.75) is 19.4 Å². The Morgan fingerprint density at radius 3 is 2.85 bits per heavy atom. The van der Waals surface area contributed by atoms with E-state index in [0.29, 0.717) is 18.9 Å². The van der Waals surface area contributed by atoms with Gasteiger partial charge in [0.1, 0.15) is 5.75 Å². The average Bonchev–Trinajstić information content (AvgIpc) is 3.09. The summed E-state index contributed by atoms with van der Waals surface area (Å²) in [6, 6.07) is 12.0. The van der Waals surface area contributed by atoms with Gasteiger partial charge in [-0.1, -0.05) is 18.2 Å². The number of hydrogen-bond acceptors (Lipinski definition) is 4. The van der Waals surface area contributed by atoms with E-state index >= 15 is 0 Å². The highest BCUT2D eigenvalue weighted by Gasteiger charge is 2.23. The van der Waals surface area contributed by atoms with Crippen molar-refractivity contribution < 1.29 is 14.6 Å². The molecule has 1 aromatic carbocycles. The fraction of sp³-hybridized carbons (Fsp3) is 0.400. The molecule has 0 aliphatic carbocycles. The molecule has 0 saturated carbocycles. The number of hydrogen-bond donors (Lipinski definition) is 2. The number of benzene rings is 1. The first-order valence-electron chi connectivity index (χ1n) is 8.99. The van der Waals surface area contributed by atoms with Crippen LogP contribution >= 0.6 is 0 Å². The van der Waals surface area contributed by atoms with Crippen LogP contribution in [0, 0.1) is 5.92 Å². The van der Waals surface area contributed by atoms with Gasteiger partial charge in [0.2, 0.25) is 0 Å². The monoisotopic (exact) mass is 355 g/mol. The molecule has 3 rings (SSSR count). The number of rotatable bonds is 8. The summed E-state index contributed by atoms with van der Waals surface area (Å²) in [5.74, 6) is 1.41. The Labute approximate surface area is 153 Å². The molecule has 1 fully saturated rings. The lowest BCUT2D eigenvalue weighted by Gasteiger charge is -2.16. The fourth-order valence-electron chi connectivity index (χ4n) is 3.22. The molecule has 0 bridgehead atoms. The van der Waals surface area contributed by atoms with Crippen molar-refractivity contribution in [3.05, 3.63) is 59.9 Å². The predicted molar refractivity (Wildman–Crippen MR) is 99.3 cm³/mol. The van der Waals surface area contributed by atoms with E-state index in [4.69, 9.17) is 9.84 Å². The lowest BCUT2D eigenvalue weighted by Crippen LogP contribution is -2.23. The normalized spacial score (nSPS) is 17.2. The van der Waals surface area contributed by atoms with E-state index in [2.05, 4.69) is 21.3 Å². The molecule has 26 heavy (non-hydrogen) atoms. The summed E-state index contributed by atoms with van der Waals surface area (Å²) in [5, 5.41) is 10.9. The number of aromatic nitrogens is 1. The van der Waals surface area contributed by atoms with Gasteiger partial charge in [0.05, 0.1) is 6.61 Å². The van der Waals surface area contributed by atoms with Gasteiger partial charge in [-0.3, -0.25) is 9.88 Å². The highest BCUT2D eigenvalue weighted by atomic mass is 16.5. The Hall–Kier alpha value is -2.60. The van der Waals surface area contributed by atoms with E-state index in [1.165, 1.54) is 5.56 Å². The van der Waals surface area contributed by atoms with Crippen molar-refractivity contribution in [2.24, 2.45) is 5.92 Å². The fourth-order valence-corrected chi connectivity index (χ4v) is 3.22. The minimum atomic E-state index is -0.987. The molecular weight excluding hydrogens is 330 g/mol. The van der Waals surface area contributed by atoms with E-state index in [9.17, 15) is 4.79 Å². The molecule has 1 saturated heterocycles. The zero-order valence-electron chi connectivity index (χ0n) is 14.8. The maximum absolute atomic E-state index is 10.4. The molecule has 1 aromatic heterocycles. The van der Waals surface area contributed by atoms with Crippen LogP contribution in [-0.4, -0.2) is 47.3 Å². The number of likely N-dealkylation sites (tertiary alicyclic amines) is 1. The predicted octanol–water partition coefficient (Wildman–Crippen LogP) is 2.79. The molecule has 6 nitrogen and oxygen atoms in total. The molecule has 0 radical (unpaired) electrons. The van der Waals surface area contributed by atoms with Crippen molar-refractivity contribution in [3.8, 4) is 5.75 Å². The van der Waals surface area contributed by atoms with Crippen molar-refractivity contribution in [1.82, 2.24) is 15.2 Å². The summed E-state index contributed by atoms with van der Waals surface area (Å²) in [4.78, 5) is 17.1. The first-order valence-corrected chi connectivity index (χ1v) is 8.99. The van der Waals surface area contributed by atoms with E-state index in [-0.39, 0.29) is 0 Å². The van der Waals surface area contributed by atoms with Crippen LogP contribution in [0.2, 0.25) is 0 Å². The van der Waals surface area contributed by atoms with Crippen LogP contribution in [0.5, 0.6) is 5.75 Å². The average molecular weight is 355 g/mol. The van der Waals surface area contributed by atoms with E-state index in [1.54, 1.807) is 6.20 Å². The van der Waals surface area contributed by atoms with Crippen LogP contribution in [0.4, 0.5) is 4.79 Å². The Morgan fingerprint density at radius 1 is 1.27 bits per heavy atom. The Kier molecular flexibility index (Phi) is 6.44. The van der Waals surface area contributed by atoms with Gasteiger partial charge in [-0.05, 0) is 48.7 Å². The molecular formula is C20H25N3O3. The zero-order valence-corrected chi connectivity index (χ0v) is 14.8. The molecule has 2 heterocycles. The Bertz CT molecular complexity index is 691. The molecule has 0 spiro atoms. The topological polar surface area (TPSA) is 74.7 Å². The Morgan fingerprint density at radius 2 is 2.12 bits per heavy atom. The lowest BCUT2D eigenvalue weighted by atomic mass is 10.1. The quantitative estimate of drug-likeness (QED) is 0.762. The number of carbonyl (C=O) groups is 1. The van der Waals surface area contributed by atoms with E-state index in [0.717, 1.165) is 44.0 Å². The van der Waals surface area contributed by atoms with Gasteiger partial charge >= 0.3 is 6.09 Å². The molecule has 6 heteroatoms. The number of carboxylic acid groups (broad SMARTS) is 1. The molecule has 138 valence electrons. The van der Waals surface area contributed by atoms with Crippen LogP contribution < -0.4 is 10.1 Å². The molecule has 2 N–H and O–H groups in total. The highest BCUT2D eigenvalue weighted by Crippen LogP contribution is 2.20. The summed E-state index contributed by atoms with van der Waals surface area (Å²) in [6.45, 7) is 4.24. The van der Waals surface area contributed by atoms with Gasteiger partial charge in [-0.15, -0.1) is 0 Å². The second-order valence-electron chi connectivity index (χ2n) is 6.69. The number of pyridine rings is 1. The van der Waals surface area contributed by atoms with Crippen molar-refractivity contribution in [1.29, 1.82) is 0 Å². The molecule has 2 aromatic rings. The molecule has 1 aliphatic rings. The number of amides is 1. The van der Waals surface area contributed by atoms with Crippen LogP contribution in [0.1, 0.15) is 17.5 Å². The zero-order chi connectivity index (χ0) is 18.2. The number of ether oxygens (including phenoxy) is 1. The summed E-state index contributed by atoms with van der Waals surface area (Å²) in [5.41, 5.74) is 2.34. The third-order valence-corrected chi connectivity index (χ3v) is 4.60. The lowest BCUT2D eigenvalue weighted by molar-refractivity contribution is 0.194. The maximum Gasteiger partial charge on any atom is 0.404 e. The standard InChI is InChI=1S/C20H25N3O3/c24-20(25)22-10-7-16-3-5-19(6-4-16)26-15-18-8-11-23(14-18)13-17-2-1-9-21-12-17/h1-6,9,12,18,22H,7-8,10-11,13-15H2,(H,24,25). The molecule has 1 atom stereocenters. The third-order valence-electron chi connectivity index (χ3n) is 4.60. The van der Waals surface area contributed by atoms with Gasteiger partial charge in [0, 0.05) is 37.9 Å². The van der Waals surface area contributed by atoms with Crippen LogP contribution in [0.25, 0.3) is 0 Å². The number of nitrogens with one attached hydrogen (secondary N) is 1. The summed E-state index contributed by atoms with van der Waals surface area (Å²) in [6.07, 6.45) is 4.58. The summed E-state index contributed by atoms with van der Waals surface area (Å²) >= 11 is 0. The second kappa shape index (κ2) is 9.20. The summed E-state index contributed by atoms with van der Waals surface area (Å²) in [7, 11) is 0. The van der Waals surface area contributed by atoms with Crippen LogP contribution in [0.3, 0.4) is 0 Å². The highest BCUT2D eigenvalue weighted by molar-refractivity contribution is 5.64. The number of nitrogens with zero attached hydrogens (tertiary/aromatic N) is 2. The van der Waals surface area contributed by atoms with E-state index < -0.39 is 6.09 Å². The Balaban J connectivity index is 1.38. The van der Waals surface area contributed by atoms with E-state index in [1.807, 2.05) is 36.5 Å². The minimum Gasteiger partial charge on any atom is -0.493 e. The largest absolute Gasteiger partial charge is 0.493 e. The van der Waals surface area contributed by atoms with Gasteiger partial charge < -0.3 is 15.2 Å². The maximum atomic E-state index is 10.4. The molecule has 1 unspecified atom stereocenters. The summed E-state index contributed by atoms with van der Waals surface area (Å²) < 4.78 is 5.94. The smallest absolute Gasteiger partial charge is 0.404 e. The van der Waals surface area contributed by atoms with Crippen molar-refractivity contribution in [3.63, 3.8) is 0 Å². The van der Waals surface area contributed by atoms with Crippen LogP contribution in [0.15, 0.2) is 48.8 Å². The first-order chi connectivity index (χ1) is 12.7. The van der Waals surface area contributed by atoms with Gasteiger partial charge in [-0.25, -0.2) is 4.79 Å². The van der Waals surface area contributed by atoms with Gasteiger partial charge in [0.15, 0.2) is 0 Å². The third kappa shape index (κ3) is 5.74. The molecule has 1 aliphatic heterocycles. The van der Waals surface area contributed by atoms with Crippen molar-refractivity contribution >= 4 is 6.09 Å². The first kappa shape index (κ1) is 18.2. The minimum absolute atomic E-state index is 0.421. The second-order valence-corrected chi connectivity index (χ2v) is 6.69. The van der Waals surface area contributed by atoms with Gasteiger partial charge in [0.25, 0.3) is 0 Å². The van der Waals surface area contributed by atoms with Gasteiger partial charge in [-0.2, -0.15) is 0 Å². The van der Waals surface area contributed by atoms with Crippen molar-refractivity contribution in [2.75, 3.05) is 26.2 Å². The molecule has 1 amide bonds.